The summed E-state index contributed by atoms with van der Waals surface area (Å²) in [6.07, 6.45) is -5.50. The Balaban J connectivity index is 1.93. The number of carbonyl (C=O) groups is 2. The molecule has 2 aromatic carbocycles. The average molecular weight is 478 g/mol. The van der Waals surface area contributed by atoms with Crippen LogP contribution in [-0.4, -0.2) is 34.7 Å². The van der Waals surface area contributed by atoms with E-state index in [0.29, 0.717) is 10.3 Å². The number of aromatic nitrogens is 2. The summed E-state index contributed by atoms with van der Waals surface area (Å²) in [4.78, 5) is 52.3. The molecule has 0 bridgehead atoms. The summed E-state index contributed by atoms with van der Waals surface area (Å²) in [5, 5.41) is 3.52. The van der Waals surface area contributed by atoms with Gasteiger partial charge in [0.05, 0.1) is 12.8 Å². The van der Waals surface area contributed by atoms with Crippen molar-refractivity contribution in [2.24, 2.45) is 0 Å². The van der Waals surface area contributed by atoms with Crippen molar-refractivity contribution < 1.29 is 31.9 Å². The number of hydrogen-bond acceptors (Lipinski definition) is 5. The molecular formula is C21H14F4N4O5. The first-order valence-electron chi connectivity index (χ1n) is 9.50. The van der Waals surface area contributed by atoms with Crippen molar-refractivity contribution in [1.29, 1.82) is 0 Å². The highest BCUT2D eigenvalue weighted by Crippen LogP contribution is 2.45. The molecule has 1 aromatic heterocycles. The molecule has 9 nitrogen and oxygen atoms in total. The van der Waals surface area contributed by atoms with Gasteiger partial charge in [-0.2, -0.15) is 13.2 Å². The maximum absolute atomic E-state index is 14.4. The smallest absolute Gasteiger partial charge is 0.425 e. The summed E-state index contributed by atoms with van der Waals surface area (Å²) in [5.41, 5.74) is -8.18. The minimum Gasteiger partial charge on any atom is -0.497 e. The van der Waals surface area contributed by atoms with Gasteiger partial charge >= 0.3 is 11.9 Å². The first-order valence-corrected chi connectivity index (χ1v) is 9.50. The number of amides is 2. The van der Waals surface area contributed by atoms with Gasteiger partial charge in [0.1, 0.15) is 22.9 Å². The van der Waals surface area contributed by atoms with E-state index in [-0.39, 0.29) is 11.3 Å². The lowest BCUT2D eigenvalue weighted by atomic mass is 9.91. The van der Waals surface area contributed by atoms with Gasteiger partial charge in [-0.25, -0.2) is 13.8 Å². The fraction of sp³-hybridized carbons (Fsp3) is 0.143. The van der Waals surface area contributed by atoms with E-state index in [4.69, 9.17) is 4.74 Å². The quantitative estimate of drug-likeness (QED) is 0.494. The fourth-order valence-electron chi connectivity index (χ4n) is 3.60. The molecule has 2 heterocycles. The zero-order valence-electron chi connectivity index (χ0n) is 17.1. The van der Waals surface area contributed by atoms with Crippen LogP contribution in [0.1, 0.15) is 15.9 Å². The Labute approximate surface area is 187 Å². The molecule has 0 saturated carbocycles. The molecule has 1 aliphatic rings. The van der Waals surface area contributed by atoms with E-state index in [0.717, 1.165) is 36.4 Å². The number of hydrogen-bond donors (Lipinski definition) is 3. The molecule has 13 heteroatoms. The molecule has 0 unspecified atom stereocenters. The maximum Gasteiger partial charge on any atom is 0.425 e. The number of methoxy groups -OCH3 is 1. The molecule has 2 amide bonds. The Kier molecular flexibility index (Phi) is 5.26. The van der Waals surface area contributed by atoms with Crippen LogP contribution in [0, 0.1) is 5.82 Å². The Hall–Kier alpha value is -4.42. The molecular weight excluding hydrogens is 464 g/mol. The highest BCUT2D eigenvalue weighted by Gasteiger charge is 2.68. The zero-order chi connectivity index (χ0) is 24.8. The molecule has 0 fully saturated rings. The summed E-state index contributed by atoms with van der Waals surface area (Å²) in [6, 6.07) is 8.94. The van der Waals surface area contributed by atoms with E-state index >= 15 is 0 Å². The van der Waals surface area contributed by atoms with E-state index in [1.165, 1.54) is 19.2 Å². The number of anilines is 1. The summed E-state index contributed by atoms with van der Waals surface area (Å²) in [5.74, 6) is -4.30. The molecule has 176 valence electrons. The van der Waals surface area contributed by atoms with Crippen LogP contribution < -0.4 is 26.6 Å². The number of nitrogens with zero attached hydrogens (tertiary/aromatic N) is 1. The number of nitrogens with one attached hydrogen (secondary N) is 3. The standard InChI is InChI=1S/C21H14F4N4O5/c1-34-13-8-2-10(3-9-13)16(30)28-20(21(23,24)25)14-15(26-18(20)32)29(19(33)27-17(14)31)12-6-4-11(22)5-7-12/h2-9H,1H3,(H,26,32)(H,28,30)(H,27,31,33)/t20-/m0/s1. The average Bonchev–Trinajstić information content (AvgIpc) is 3.08. The molecule has 4 rings (SSSR count). The predicted octanol–water partition coefficient (Wildman–Crippen LogP) is 1.81. The topological polar surface area (TPSA) is 122 Å². The third-order valence-corrected chi connectivity index (χ3v) is 5.22. The normalized spacial score (nSPS) is 17.1. The van der Waals surface area contributed by atoms with Crippen molar-refractivity contribution in [3.8, 4) is 11.4 Å². The van der Waals surface area contributed by atoms with Gasteiger partial charge in [-0.05, 0) is 48.5 Å². The lowest BCUT2D eigenvalue weighted by Gasteiger charge is -2.30. The molecule has 1 aliphatic heterocycles. The number of fused-ring (bicyclic) bond motifs is 1. The lowest BCUT2D eigenvalue weighted by Crippen LogP contribution is -2.62. The second kappa shape index (κ2) is 7.86. The van der Waals surface area contributed by atoms with Gasteiger partial charge in [-0.1, -0.05) is 0 Å². The van der Waals surface area contributed by atoms with Crippen LogP contribution in [0.4, 0.5) is 23.4 Å². The predicted molar refractivity (Wildman–Crippen MR) is 109 cm³/mol. The van der Waals surface area contributed by atoms with Crippen LogP contribution in [0.15, 0.2) is 58.1 Å². The van der Waals surface area contributed by atoms with Crippen LogP contribution in [0.5, 0.6) is 5.75 Å². The minimum atomic E-state index is -5.50. The summed E-state index contributed by atoms with van der Waals surface area (Å²) < 4.78 is 62.1. The van der Waals surface area contributed by atoms with E-state index in [2.05, 4.69) is 0 Å². The molecule has 0 saturated heterocycles. The third kappa shape index (κ3) is 3.41. The molecule has 3 N–H and O–H groups in total. The van der Waals surface area contributed by atoms with Gasteiger partial charge in [0.2, 0.25) is 0 Å². The number of halogens is 4. The Morgan fingerprint density at radius 3 is 2.21 bits per heavy atom. The summed E-state index contributed by atoms with van der Waals surface area (Å²) in [6.45, 7) is 0. The van der Waals surface area contributed by atoms with Crippen LogP contribution in [0.2, 0.25) is 0 Å². The molecule has 0 radical (unpaired) electrons. The Morgan fingerprint density at radius 2 is 1.65 bits per heavy atom. The Bertz CT molecular complexity index is 1410. The van der Waals surface area contributed by atoms with E-state index < -0.39 is 52.0 Å². The lowest BCUT2D eigenvalue weighted by molar-refractivity contribution is -0.196. The van der Waals surface area contributed by atoms with Gasteiger partial charge in [0, 0.05) is 5.56 Å². The van der Waals surface area contributed by atoms with Crippen LogP contribution in [0.25, 0.3) is 5.69 Å². The second-order valence-electron chi connectivity index (χ2n) is 7.18. The number of rotatable bonds is 4. The summed E-state index contributed by atoms with van der Waals surface area (Å²) in [7, 11) is 1.35. The number of ether oxygens (including phenoxy) is 1. The highest BCUT2D eigenvalue weighted by atomic mass is 19.4. The van der Waals surface area contributed by atoms with Gasteiger partial charge in [0.25, 0.3) is 22.9 Å². The second-order valence-corrected chi connectivity index (χ2v) is 7.18. The summed E-state index contributed by atoms with van der Waals surface area (Å²) >= 11 is 0. The van der Waals surface area contributed by atoms with Gasteiger partial charge < -0.3 is 15.4 Å². The monoisotopic (exact) mass is 478 g/mol. The third-order valence-electron chi connectivity index (χ3n) is 5.22. The molecule has 0 spiro atoms. The maximum atomic E-state index is 14.4. The molecule has 34 heavy (non-hydrogen) atoms. The van der Waals surface area contributed by atoms with Gasteiger partial charge in [0.15, 0.2) is 0 Å². The highest BCUT2D eigenvalue weighted by molar-refractivity contribution is 6.09. The van der Waals surface area contributed by atoms with E-state index in [1.54, 1.807) is 10.3 Å². The number of benzene rings is 2. The number of carbonyl (C=O) groups excluding carboxylic acids is 2. The first kappa shape index (κ1) is 22.8. The molecule has 3 aromatic rings. The molecule has 1 atom stereocenters. The van der Waals surface area contributed by atoms with Crippen molar-refractivity contribution in [2.45, 2.75) is 11.7 Å². The molecule has 0 aliphatic carbocycles. The Morgan fingerprint density at radius 1 is 1.03 bits per heavy atom. The van der Waals surface area contributed by atoms with E-state index in [9.17, 15) is 36.7 Å². The van der Waals surface area contributed by atoms with Crippen molar-refractivity contribution in [1.82, 2.24) is 14.9 Å². The van der Waals surface area contributed by atoms with Gasteiger partial charge in [-0.3, -0.25) is 19.4 Å². The zero-order valence-corrected chi connectivity index (χ0v) is 17.1. The van der Waals surface area contributed by atoms with Crippen LogP contribution in [-0.2, 0) is 10.3 Å². The minimum absolute atomic E-state index is 0.140. The van der Waals surface area contributed by atoms with Crippen LogP contribution in [0.3, 0.4) is 0 Å². The van der Waals surface area contributed by atoms with Crippen molar-refractivity contribution >= 4 is 17.6 Å². The number of alkyl halides is 3. The van der Waals surface area contributed by atoms with Gasteiger partial charge in [-0.15, -0.1) is 0 Å². The van der Waals surface area contributed by atoms with E-state index in [1.807, 2.05) is 5.32 Å². The first-order chi connectivity index (χ1) is 16.0. The fourth-order valence-corrected chi connectivity index (χ4v) is 3.60. The van der Waals surface area contributed by atoms with Crippen LogP contribution >= 0.6 is 0 Å². The van der Waals surface area contributed by atoms with Crippen molar-refractivity contribution in [3.63, 3.8) is 0 Å². The number of H-pyrrole nitrogens is 1. The van der Waals surface area contributed by atoms with Crippen molar-refractivity contribution in [3.05, 3.63) is 86.3 Å². The largest absolute Gasteiger partial charge is 0.497 e. The SMILES string of the molecule is COc1ccc(C(=O)N[C@]2(C(F)(F)F)C(=O)Nc3c2c(=O)[nH]c(=O)n3-c2ccc(F)cc2)cc1. The number of aromatic amines is 1. The van der Waals surface area contributed by atoms with Crippen molar-refractivity contribution in [2.75, 3.05) is 12.4 Å².